The number of carboxylic acid groups (broad SMARTS) is 2. The van der Waals surface area contributed by atoms with E-state index in [1.54, 1.807) is 32.2 Å². The number of aliphatic hydroxyl groups is 1. The highest BCUT2D eigenvalue weighted by molar-refractivity contribution is 5.88. The Morgan fingerprint density at radius 3 is 2.48 bits per heavy atom. The number of hydrogen-bond acceptors (Lipinski definition) is 8. The molecule has 29 heavy (non-hydrogen) atoms. The molecule has 158 valence electrons. The predicted molar refractivity (Wildman–Crippen MR) is 97.4 cm³/mol. The third-order valence-corrected chi connectivity index (χ3v) is 4.42. The summed E-state index contributed by atoms with van der Waals surface area (Å²) in [6.45, 7) is 2.46. The molecule has 2 rings (SSSR count). The van der Waals surface area contributed by atoms with Gasteiger partial charge in [-0.05, 0) is 25.5 Å². The van der Waals surface area contributed by atoms with Crippen molar-refractivity contribution in [1.82, 2.24) is 4.90 Å². The molecule has 0 aromatic heterocycles. The summed E-state index contributed by atoms with van der Waals surface area (Å²) in [6.07, 6.45) is -2.35. The van der Waals surface area contributed by atoms with Crippen LogP contribution in [0.25, 0.3) is 0 Å². The normalized spacial score (nSPS) is 14.5. The molecule has 11 heteroatoms. The average molecular weight is 410 g/mol. The van der Waals surface area contributed by atoms with Gasteiger partial charge in [-0.1, -0.05) is 6.07 Å². The molecule has 1 unspecified atom stereocenters. The van der Waals surface area contributed by atoms with Crippen LogP contribution in [-0.4, -0.2) is 70.0 Å². The number of rotatable bonds is 8. The van der Waals surface area contributed by atoms with E-state index >= 15 is 0 Å². The lowest BCUT2D eigenvalue weighted by Gasteiger charge is -2.23. The van der Waals surface area contributed by atoms with Crippen LogP contribution in [-0.2, 0) is 25.6 Å². The van der Waals surface area contributed by atoms with Crippen LogP contribution in [0, 0.1) is 0 Å². The van der Waals surface area contributed by atoms with Crippen LogP contribution in [0.1, 0.15) is 25.3 Å². The minimum absolute atomic E-state index is 0.212. The number of fused-ring (bicyclic) bond motifs is 1. The molecule has 1 aromatic rings. The van der Waals surface area contributed by atoms with Crippen LogP contribution in [0.15, 0.2) is 18.2 Å². The van der Waals surface area contributed by atoms with Crippen molar-refractivity contribution < 1.29 is 44.1 Å². The molecule has 0 aliphatic carbocycles. The van der Waals surface area contributed by atoms with Crippen molar-refractivity contribution in [2.24, 2.45) is 0 Å². The third-order valence-electron chi connectivity index (χ3n) is 4.42. The SMILES string of the molecule is CCN(C)C(=O)Oc1cccc2c1CCN2OC(=O)CC(O)(CC(=O)O)C(=O)O. The molecule has 1 atom stereocenters. The maximum absolute atomic E-state index is 12.1. The Hall–Kier alpha value is -3.34. The number of carbonyl (C=O) groups is 4. The first-order valence-electron chi connectivity index (χ1n) is 8.78. The number of carboxylic acids is 2. The summed E-state index contributed by atoms with van der Waals surface area (Å²) in [4.78, 5) is 52.6. The monoisotopic (exact) mass is 410 g/mol. The summed E-state index contributed by atoms with van der Waals surface area (Å²) in [5.41, 5.74) is -1.72. The summed E-state index contributed by atoms with van der Waals surface area (Å²) < 4.78 is 5.36. The zero-order valence-corrected chi connectivity index (χ0v) is 16.0. The number of amides is 1. The van der Waals surface area contributed by atoms with Gasteiger partial charge < -0.3 is 29.8 Å². The van der Waals surface area contributed by atoms with Crippen molar-refractivity contribution in [3.8, 4) is 5.75 Å². The van der Waals surface area contributed by atoms with Crippen molar-refractivity contribution in [2.75, 3.05) is 25.2 Å². The lowest BCUT2D eigenvalue weighted by atomic mass is 9.96. The number of nitrogens with zero attached hydrogens (tertiary/aromatic N) is 2. The Morgan fingerprint density at radius 2 is 1.90 bits per heavy atom. The van der Waals surface area contributed by atoms with Crippen molar-refractivity contribution in [3.05, 3.63) is 23.8 Å². The second-order valence-corrected chi connectivity index (χ2v) is 6.54. The number of hydrogen-bond donors (Lipinski definition) is 3. The van der Waals surface area contributed by atoms with E-state index in [1.807, 2.05) is 0 Å². The maximum atomic E-state index is 12.1. The Kier molecular flexibility index (Phi) is 6.64. The standard InChI is InChI=1S/C18H22N2O9/c1-3-19(2)17(26)28-13-6-4-5-12-11(13)7-8-20(12)29-15(23)10-18(27,16(24)25)9-14(21)22/h4-6,27H,3,7-10H2,1-2H3,(H,21,22)(H,24,25). The Labute approximate surface area is 166 Å². The molecule has 3 N–H and O–H groups in total. The van der Waals surface area contributed by atoms with Gasteiger partial charge in [-0.25, -0.2) is 19.4 Å². The topological polar surface area (TPSA) is 154 Å². The number of carbonyl (C=O) groups excluding carboxylic acids is 2. The minimum atomic E-state index is -2.78. The number of benzene rings is 1. The molecular formula is C18H22N2O9. The van der Waals surface area contributed by atoms with Gasteiger partial charge in [0.05, 0.1) is 25.1 Å². The quantitative estimate of drug-likeness (QED) is 0.556. The van der Waals surface area contributed by atoms with E-state index in [4.69, 9.17) is 19.8 Å². The lowest BCUT2D eigenvalue weighted by Crippen LogP contribution is -2.44. The van der Waals surface area contributed by atoms with Gasteiger partial charge in [0.2, 0.25) is 0 Å². The number of hydroxylamine groups is 1. The zero-order valence-electron chi connectivity index (χ0n) is 16.0. The van der Waals surface area contributed by atoms with Crippen molar-refractivity contribution in [2.45, 2.75) is 31.8 Å². The zero-order chi connectivity index (χ0) is 21.8. The second kappa shape index (κ2) is 8.78. The fourth-order valence-electron chi connectivity index (χ4n) is 2.72. The van der Waals surface area contributed by atoms with Gasteiger partial charge in [-0.2, -0.15) is 0 Å². The third kappa shape index (κ3) is 5.13. The van der Waals surface area contributed by atoms with Crippen LogP contribution in [0.2, 0.25) is 0 Å². The van der Waals surface area contributed by atoms with Gasteiger partial charge >= 0.3 is 24.0 Å². The molecule has 0 spiro atoms. The molecule has 1 aliphatic rings. The van der Waals surface area contributed by atoms with Crippen molar-refractivity contribution >= 4 is 29.7 Å². The largest absolute Gasteiger partial charge is 0.481 e. The van der Waals surface area contributed by atoms with Crippen LogP contribution in [0.5, 0.6) is 5.75 Å². The van der Waals surface area contributed by atoms with E-state index in [0.717, 1.165) is 0 Å². The summed E-state index contributed by atoms with van der Waals surface area (Å²) in [5.74, 6) is -4.22. The van der Waals surface area contributed by atoms with Crippen LogP contribution >= 0.6 is 0 Å². The molecular weight excluding hydrogens is 388 g/mol. The molecule has 1 aromatic carbocycles. The summed E-state index contributed by atoms with van der Waals surface area (Å²) >= 11 is 0. The smallest absolute Gasteiger partial charge is 0.414 e. The molecule has 0 saturated carbocycles. The highest BCUT2D eigenvalue weighted by Crippen LogP contribution is 2.35. The van der Waals surface area contributed by atoms with Crippen molar-refractivity contribution in [1.29, 1.82) is 0 Å². The maximum Gasteiger partial charge on any atom is 0.414 e. The molecule has 1 heterocycles. The van der Waals surface area contributed by atoms with E-state index in [2.05, 4.69) is 0 Å². The van der Waals surface area contributed by atoms with Crippen LogP contribution in [0.3, 0.4) is 0 Å². The Morgan fingerprint density at radius 1 is 1.21 bits per heavy atom. The van der Waals surface area contributed by atoms with Crippen molar-refractivity contribution in [3.63, 3.8) is 0 Å². The van der Waals surface area contributed by atoms with E-state index in [-0.39, 0.29) is 6.54 Å². The minimum Gasteiger partial charge on any atom is -0.481 e. The summed E-state index contributed by atoms with van der Waals surface area (Å²) in [5, 5.41) is 28.9. The van der Waals surface area contributed by atoms with Gasteiger partial charge in [-0.3, -0.25) is 4.79 Å². The molecule has 0 bridgehead atoms. The van der Waals surface area contributed by atoms with E-state index in [1.165, 1.54) is 9.96 Å². The fourth-order valence-corrected chi connectivity index (χ4v) is 2.72. The molecule has 0 fully saturated rings. The molecule has 0 radical (unpaired) electrons. The first-order valence-corrected chi connectivity index (χ1v) is 8.78. The van der Waals surface area contributed by atoms with Crippen LogP contribution < -0.4 is 9.80 Å². The van der Waals surface area contributed by atoms with E-state index in [0.29, 0.717) is 30.0 Å². The Balaban J connectivity index is 2.12. The molecule has 0 saturated heterocycles. The highest BCUT2D eigenvalue weighted by Gasteiger charge is 2.42. The first kappa shape index (κ1) is 22.0. The number of anilines is 1. The average Bonchev–Trinajstić information content (AvgIpc) is 3.03. The second-order valence-electron chi connectivity index (χ2n) is 6.54. The van der Waals surface area contributed by atoms with Gasteiger partial charge in [0.15, 0.2) is 5.60 Å². The molecule has 1 amide bonds. The molecule has 11 nitrogen and oxygen atoms in total. The lowest BCUT2D eigenvalue weighted by molar-refractivity contribution is -0.172. The number of ether oxygens (including phenoxy) is 1. The van der Waals surface area contributed by atoms with E-state index < -0.39 is 42.4 Å². The van der Waals surface area contributed by atoms with Crippen LogP contribution in [0.4, 0.5) is 10.5 Å². The van der Waals surface area contributed by atoms with E-state index in [9.17, 15) is 24.3 Å². The van der Waals surface area contributed by atoms with Gasteiger partial charge in [0.25, 0.3) is 0 Å². The predicted octanol–water partition coefficient (Wildman–Crippen LogP) is 0.638. The highest BCUT2D eigenvalue weighted by atomic mass is 16.7. The van der Waals surface area contributed by atoms with Gasteiger partial charge in [0, 0.05) is 19.2 Å². The Bertz CT molecular complexity index is 826. The summed E-state index contributed by atoms with van der Waals surface area (Å²) in [6, 6.07) is 4.82. The number of aliphatic carboxylic acids is 2. The van der Waals surface area contributed by atoms with Gasteiger partial charge in [0.1, 0.15) is 5.75 Å². The molecule has 1 aliphatic heterocycles. The summed E-state index contributed by atoms with van der Waals surface area (Å²) in [7, 11) is 1.58. The first-order chi connectivity index (χ1) is 13.6. The fraction of sp³-hybridized carbons (Fsp3) is 0.444. The van der Waals surface area contributed by atoms with Gasteiger partial charge in [-0.15, -0.1) is 0 Å².